The summed E-state index contributed by atoms with van der Waals surface area (Å²) in [4.78, 5) is 20.4. The zero-order valence-corrected chi connectivity index (χ0v) is 13.0. The first kappa shape index (κ1) is 17.7. The number of non-ortho nitro benzene ring substituents is 1. The number of nitro benzene ring substituents is 2. The monoisotopic (exact) mass is 346 g/mol. The summed E-state index contributed by atoms with van der Waals surface area (Å²) in [6.07, 6.45) is 0. The summed E-state index contributed by atoms with van der Waals surface area (Å²) in [7, 11) is 0. The van der Waals surface area contributed by atoms with Gasteiger partial charge in [0.2, 0.25) is 0 Å². The molecule has 0 heterocycles. The van der Waals surface area contributed by atoms with E-state index in [0.29, 0.717) is 11.3 Å². The second-order valence-electron chi connectivity index (χ2n) is 5.06. The number of hydrogen-bond donors (Lipinski definition) is 3. The predicted octanol–water partition coefficient (Wildman–Crippen LogP) is 2.43. The van der Waals surface area contributed by atoms with Crippen LogP contribution >= 0.6 is 0 Å². The Morgan fingerprint density at radius 1 is 1.12 bits per heavy atom. The van der Waals surface area contributed by atoms with E-state index in [2.05, 4.69) is 10.5 Å². The number of benzene rings is 2. The molecule has 10 nitrogen and oxygen atoms in total. The number of aromatic hydroxyl groups is 2. The van der Waals surface area contributed by atoms with Crippen LogP contribution in [0.2, 0.25) is 0 Å². The van der Waals surface area contributed by atoms with Crippen LogP contribution in [0.1, 0.15) is 18.1 Å². The van der Waals surface area contributed by atoms with Gasteiger partial charge in [0.25, 0.3) is 11.4 Å². The average Bonchev–Trinajstić information content (AvgIpc) is 2.54. The van der Waals surface area contributed by atoms with Crippen molar-refractivity contribution in [3.05, 3.63) is 67.8 Å². The molecule has 0 fully saturated rings. The summed E-state index contributed by atoms with van der Waals surface area (Å²) in [6.45, 7) is 1.56. The summed E-state index contributed by atoms with van der Waals surface area (Å²) in [5.41, 5.74) is 2.86. The van der Waals surface area contributed by atoms with Gasteiger partial charge in [-0.1, -0.05) is 0 Å². The largest absolute Gasteiger partial charge is 0.508 e. The van der Waals surface area contributed by atoms with Crippen LogP contribution in [0.15, 0.2) is 41.5 Å². The van der Waals surface area contributed by atoms with Gasteiger partial charge in [0, 0.05) is 17.7 Å². The molecule has 0 aliphatic carbocycles. The molecule has 2 rings (SSSR count). The third-order valence-electron chi connectivity index (χ3n) is 3.36. The summed E-state index contributed by atoms with van der Waals surface area (Å²) in [5.74, 6) is -0.257. The highest BCUT2D eigenvalue weighted by Gasteiger charge is 2.19. The molecule has 0 saturated heterocycles. The Morgan fingerprint density at radius 3 is 2.44 bits per heavy atom. The number of nitrogens with one attached hydrogen (secondary N) is 1. The minimum Gasteiger partial charge on any atom is -0.508 e. The SMILES string of the molecule is C/C(=N/NCc1ccc([N+](=O)[O-])cc1[N+](=O)[O-])c1ccc(O)cc1O. The van der Waals surface area contributed by atoms with E-state index < -0.39 is 9.85 Å². The lowest BCUT2D eigenvalue weighted by Crippen LogP contribution is -2.11. The fraction of sp³-hybridized carbons (Fsp3) is 0.133. The minimum atomic E-state index is -0.708. The summed E-state index contributed by atoms with van der Waals surface area (Å²) >= 11 is 0. The molecule has 0 amide bonds. The Bertz CT molecular complexity index is 865. The van der Waals surface area contributed by atoms with Crippen LogP contribution in [0.25, 0.3) is 0 Å². The minimum absolute atomic E-state index is 0.0372. The van der Waals surface area contributed by atoms with E-state index in [-0.39, 0.29) is 35.0 Å². The Labute approximate surface area is 141 Å². The van der Waals surface area contributed by atoms with Crippen molar-refractivity contribution in [2.45, 2.75) is 13.5 Å². The molecule has 0 bridgehead atoms. The summed E-state index contributed by atoms with van der Waals surface area (Å²) in [6, 6.07) is 7.36. The Morgan fingerprint density at radius 2 is 1.84 bits per heavy atom. The van der Waals surface area contributed by atoms with Gasteiger partial charge in [-0.15, -0.1) is 0 Å². The molecule has 10 heteroatoms. The number of hydrazone groups is 1. The van der Waals surface area contributed by atoms with Crippen molar-refractivity contribution in [3.8, 4) is 11.5 Å². The lowest BCUT2D eigenvalue weighted by atomic mass is 10.1. The Kier molecular flexibility index (Phi) is 5.12. The van der Waals surface area contributed by atoms with Crippen LogP contribution in [0.3, 0.4) is 0 Å². The van der Waals surface area contributed by atoms with E-state index in [1.54, 1.807) is 6.92 Å². The third-order valence-corrected chi connectivity index (χ3v) is 3.36. The zero-order chi connectivity index (χ0) is 18.6. The van der Waals surface area contributed by atoms with Crippen LogP contribution in [-0.2, 0) is 6.54 Å². The average molecular weight is 346 g/mol. The van der Waals surface area contributed by atoms with Gasteiger partial charge in [-0.3, -0.25) is 20.2 Å². The van der Waals surface area contributed by atoms with E-state index in [0.717, 1.165) is 12.1 Å². The second kappa shape index (κ2) is 7.25. The van der Waals surface area contributed by atoms with Crippen LogP contribution in [0.5, 0.6) is 11.5 Å². The maximum absolute atomic E-state index is 11.1. The molecule has 0 spiro atoms. The molecule has 0 aliphatic rings. The van der Waals surface area contributed by atoms with Crippen molar-refractivity contribution in [1.82, 2.24) is 5.43 Å². The highest BCUT2D eigenvalue weighted by Crippen LogP contribution is 2.25. The molecule has 2 aromatic rings. The first-order chi connectivity index (χ1) is 11.8. The molecule has 0 aliphatic heterocycles. The molecule has 0 unspecified atom stereocenters. The van der Waals surface area contributed by atoms with E-state index in [1.807, 2.05) is 0 Å². The normalized spacial score (nSPS) is 11.2. The van der Waals surface area contributed by atoms with Crippen LogP contribution in [0.4, 0.5) is 11.4 Å². The highest BCUT2D eigenvalue weighted by molar-refractivity contribution is 6.01. The van der Waals surface area contributed by atoms with Crippen LogP contribution in [0, 0.1) is 20.2 Å². The highest BCUT2D eigenvalue weighted by atomic mass is 16.6. The summed E-state index contributed by atoms with van der Waals surface area (Å²) in [5, 5.41) is 44.8. The molecular weight excluding hydrogens is 332 g/mol. The number of phenolic OH excluding ortho intramolecular Hbond substituents is 2. The number of phenols is 2. The lowest BCUT2D eigenvalue weighted by Gasteiger charge is -2.06. The first-order valence-corrected chi connectivity index (χ1v) is 7.01. The summed E-state index contributed by atoms with van der Waals surface area (Å²) < 4.78 is 0. The van der Waals surface area contributed by atoms with Crippen molar-refractivity contribution in [3.63, 3.8) is 0 Å². The fourth-order valence-electron chi connectivity index (χ4n) is 2.11. The molecule has 25 heavy (non-hydrogen) atoms. The van der Waals surface area contributed by atoms with E-state index in [4.69, 9.17) is 0 Å². The van der Waals surface area contributed by atoms with Gasteiger partial charge in [-0.05, 0) is 25.1 Å². The van der Waals surface area contributed by atoms with Crippen molar-refractivity contribution in [2.75, 3.05) is 0 Å². The van der Waals surface area contributed by atoms with Crippen LogP contribution in [-0.4, -0.2) is 25.8 Å². The second-order valence-corrected chi connectivity index (χ2v) is 5.06. The van der Waals surface area contributed by atoms with E-state index in [9.17, 15) is 30.4 Å². The number of nitro groups is 2. The maximum Gasteiger partial charge on any atom is 0.281 e. The van der Waals surface area contributed by atoms with Gasteiger partial charge in [-0.25, -0.2) is 0 Å². The first-order valence-electron chi connectivity index (χ1n) is 7.01. The molecule has 130 valence electrons. The number of nitrogens with zero attached hydrogens (tertiary/aromatic N) is 3. The maximum atomic E-state index is 11.1. The lowest BCUT2D eigenvalue weighted by molar-refractivity contribution is -0.394. The van der Waals surface area contributed by atoms with E-state index in [1.165, 1.54) is 24.3 Å². The molecule has 3 N–H and O–H groups in total. The van der Waals surface area contributed by atoms with Crippen molar-refractivity contribution >= 4 is 17.1 Å². The molecule has 2 aromatic carbocycles. The number of rotatable bonds is 6. The van der Waals surface area contributed by atoms with Gasteiger partial charge in [0.1, 0.15) is 11.5 Å². The van der Waals surface area contributed by atoms with Gasteiger partial charge >= 0.3 is 0 Å². The number of hydrogen-bond acceptors (Lipinski definition) is 8. The molecule has 0 radical (unpaired) electrons. The zero-order valence-electron chi connectivity index (χ0n) is 13.0. The topological polar surface area (TPSA) is 151 Å². The fourth-order valence-corrected chi connectivity index (χ4v) is 2.11. The molecular formula is C15H14N4O6. The molecule has 0 aromatic heterocycles. The van der Waals surface area contributed by atoms with Gasteiger partial charge in [0.15, 0.2) is 0 Å². The third kappa shape index (κ3) is 4.19. The van der Waals surface area contributed by atoms with Gasteiger partial charge in [-0.2, -0.15) is 5.10 Å². The Hall–Kier alpha value is -3.69. The van der Waals surface area contributed by atoms with Gasteiger partial charge in [0.05, 0.1) is 33.7 Å². The molecule has 0 atom stereocenters. The van der Waals surface area contributed by atoms with E-state index >= 15 is 0 Å². The quantitative estimate of drug-likeness (QED) is 0.412. The Balaban J connectivity index is 2.18. The van der Waals surface area contributed by atoms with Crippen molar-refractivity contribution < 1.29 is 20.1 Å². The smallest absolute Gasteiger partial charge is 0.281 e. The van der Waals surface area contributed by atoms with Gasteiger partial charge < -0.3 is 15.6 Å². The molecule has 0 saturated carbocycles. The van der Waals surface area contributed by atoms with Crippen molar-refractivity contribution in [2.24, 2.45) is 5.10 Å². The standard InChI is InChI=1S/C15H14N4O6/c1-9(13-5-4-12(20)7-15(13)21)17-16-8-10-2-3-11(18(22)23)6-14(10)19(24)25/h2-7,16,20-21H,8H2,1H3/b17-9-. The van der Waals surface area contributed by atoms with Crippen LogP contribution < -0.4 is 5.43 Å². The van der Waals surface area contributed by atoms with Crippen molar-refractivity contribution in [1.29, 1.82) is 0 Å². The predicted molar refractivity (Wildman–Crippen MR) is 88.6 cm³/mol.